The summed E-state index contributed by atoms with van der Waals surface area (Å²) >= 11 is 0. The van der Waals surface area contributed by atoms with Gasteiger partial charge in [0, 0.05) is 11.6 Å². The van der Waals surface area contributed by atoms with Crippen LogP contribution < -0.4 is 10.4 Å². The van der Waals surface area contributed by atoms with Crippen molar-refractivity contribution in [3.8, 4) is 0 Å². The standard InChI is InChI=1S/C20H21FN4O4/c21-24-17-4-2-1-3-16(17)20(22-13-5-7-14(26)8-6-13)23-18(24)11-9-15-10-12-19(29-15)25(27)28/h1-4,9-14,18,26H,5-8H2,(H,22,23). The Kier molecular flexibility index (Phi) is 5.30. The Labute approximate surface area is 166 Å². The lowest BCUT2D eigenvalue weighted by molar-refractivity contribution is -0.402. The summed E-state index contributed by atoms with van der Waals surface area (Å²) in [6, 6.07) is 9.92. The van der Waals surface area contributed by atoms with Crippen molar-refractivity contribution in [1.29, 1.82) is 0 Å². The number of halogens is 1. The molecule has 152 valence electrons. The molecule has 0 radical (unpaired) electrons. The maximum Gasteiger partial charge on any atom is 0.433 e. The van der Waals surface area contributed by atoms with Crippen molar-refractivity contribution in [1.82, 2.24) is 5.32 Å². The van der Waals surface area contributed by atoms with Gasteiger partial charge in [0.1, 0.15) is 16.5 Å². The number of aliphatic imine (C=N–C) groups is 1. The van der Waals surface area contributed by atoms with Crippen LogP contribution >= 0.6 is 0 Å². The van der Waals surface area contributed by atoms with Crippen molar-refractivity contribution in [2.24, 2.45) is 4.99 Å². The Morgan fingerprint density at radius 3 is 2.72 bits per heavy atom. The van der Waals surface area contributed by atoms with E-state index in [0.717, 1.165) is 25.7 Å². The Hall–Kier alpha value is -3.20. The van der Waals surface area contributed by atoms with Crippen LogP contribution in [0.1, 0.15) is 37.0 Å². The highest BCUT2D eigenvalue weighted by Gasteiger charge is 2.29. The van der Waals surface area contributed by atoms with Gasteiger partial charge in [0.05, 0.1) is 17.9 Å². The fraction of sp³-hybridized carbons (Fsp3) is 0.350. The van der Waals surface area contributed by atoms with Gasteiger partial charge in [-0.2, -0.15) is 5.12 Å². The SMILES string of the molecule is O=[N+]([O-])c1ccc(C=CC2N=C(NC3CCC(O)CC3)c3ccccc3N2F)o1. The van der Waals surface area contributed by atoms with Gasteiger partial charge in [-0.25, -0.2) is 4.99 Å². The summed E-state index contributed by atoms with van der Waals surface area (Å²) in [5.41, 5.74) is 1.06. The molecule has 2 N–H and O–H groups in total. The van der Waals surface area contributed by atoms with E-state index in [9.17, 15) is 19.7 Å². The summed E-state index contributed by atoms with van der Waals surface area (Å²) in [6.45, 7) is 0. The van der Waals surface area contributed by atoms with Crippen LogP contribution in [0.5, 0.6) is 0 Å². The highest BCUT2D eigenvalue weighted by Crippen LogP contribution is 2.30. The first-order chi connectivity index (χ1) is 14.0. The minimum atomic E-state index is -0.939. The molecule has 1 atom stereocenters. The number of nitrogens with zero attached hydrogens (tertiary/aromatic N) is 3. The number of benzene rings is 1. The second kappa shape index (κ2) is 8.04. The number of hydrogen-bond acceptors (Lipinski definition) is 7. The molecule has 0 bridgehead atoms. The summed E-state index contributed by atoms with van der Waals surface area (Å²) in [5.74, 6) is 0.465. The van der Waals surface area contributed by atoms with Crippen molar-refractivity contribution >= 4 is 23.5 Å². The van der Waals surface area contributed by atoms with Crippen LogP contribution in [-0.4, -0.2) is 34.2 Å². The number of nitro groups is 1. The molecular formula is C20H21FN4O4. The zero-order valence-electron chi connectivity index (χ0n) is 15.6. The third-order valence-corrected chi connectivity index (χ3v) is 5.15. The van der Waals surface area contributed by atoms with Crippen molar-refractivity contribution < 1.29 is 18.9 Å². The molecule has 0 amide bonds. The molecule has 1 aromatic carbocycles. The zero-order valence-corrected chi connectivity index (χ0v) is 15.6. The Balaban J connectivity index is 1.58. The van der Waals surface area contributed by atoms with E-state index < -0.39 is 11.1 Å². The van der Waals surface area contributed by atoms with E-state index in [0.29, 0.717) is 22.2 Å². The van der Waals surface area contributed by atoms with Crippen LogP contribution in [0.25, 0.3) is 6.08 Å². The average Bonchev–Trinajstić information content (AvgIpc) is 3.20. The Morgan fingerprint density at radius 2 is 2.00 bits per heavy atom. The Morgan fingerprint density at radius 1 is 1.24 bits per heavy atom. The van der Waals surface area contributed by atoms with E-state index in [2.05, 4.69) is 10.3 Å². The monoisotopic (exact) mass is 400 g/mol. The summed E-state index contributed by atoms with van der Waals surface area (Å²) < 4.78 is 20.0. The third-order valence-electron chi connectivity index (χ3n) is 5.15. The molecule has 1 fully saturated rings. The maximum atomic E-state index is 15.0. The normalized spacial score (nSPS) is 24.3. The Bertz CT molecular complexity index is 949. The van der Waals surface area contributed by atoms with Gasteiger partial charge in [-0.3, -0.25) is 10.1 Å². The smallest absolute Gasteiger partial charge is 0.401 e. The molecule has 1 unspecified atom stereocenters. The second-order valence-electron chi connectivity index (χ2n) is 7.16. The summed E-state index contributed by atoms with van der Waals surface area (Å²) in [6.07, 6.45) is 4.84. The zero-order chi connectivity index (χ0) is 20.4. The maximum absolute atomic E-state index is 15.0. The molecule has 9 heteroatoms. The summed E-state index contributed by atoms with van der Waals surface area (Å²) in [7, 11) is 0. The van der Waals surface area contributed by atoms with Crippen LogP contribution in [0, 0.1) is 10.1 Å². The van der Waals surface area contributed by atoms with Gasteiger partial charge in [-0.05, 0) is 56.0 Å². The van der Waals surface area contributed by atoms with Gasteiger partial charge >= 0.3 is 5.88 Å². The molecule has 4 rings (SSSR count). The lowest BCUT2D eigenvalue weighted by Gasteiger charge is -2.32. The number of nitrogens with one attached hydrogen (secondary N) is 1. The van der Waals surface area contributed by atoms with E-state index in [4.69, 9.17) is 4.42 Å². The molecule has 0 saturated heterocycles. The number of furan rings is 1. The van der Waals surface area contributed by atoms with E-state index in [1.165, 1.54) is 24.3 Å². The molecule has 1 aliphatic carbocycles. The van der Waals surface area contributed by atoms with E-state index in [1.54, 1.807) is 18.2 Å². The van der Waals surface area contributed by atoms with Crippen LogP contribution in [0.15, 0.2) is 51.9 Å². The fourth-order valence-electron chi connectivity index (χ4n) is 3.61. The number of rotatable bonds is 4. The molecule has 2 aliphatic rings. The van der Waals surface area contributed by atoms with Crippen molar-refractivity contribution in [3.63, 3.8) is 0 Å². The van der Waals surface area contributed by atoms with Gasteiger partial charge in [0.2, 0.25) is 0 Å². The topological polar surface area (TPSA) is 104 Å². The van der Waals surface area contributed by atoms with E-state index in [-0.39, 0.29) is 23.8 Å². The predicted molar refractivity (Wildman–Crippen MR) is 106 cm³/mol. The molecular weight excluding hydrogens is 379 g/mol. The molecule has 1 aliphatic heterocycles. The number of para-hydroxylation sites is 1. The van der Waals surface area contributed by atoms with Gasteiger partial charge in [0.15, 0.2) is 6.17 Å². The van der Waals surface area contributed by atoms with Gasteiger partial charge in [-0.1, -0.05) is 16.6 Å². The second-order valence-corrected chi connectivity index (χ2v) is 7.16. The molecule has 8 nitrogen and oxygen atoms in total. The molecule has 0 spiro atoms. The summed E-state index contributed by atoms with van der Waals surface area (Å²) in [5, 5.41) is 24.4. The van der Waals surface area contributed by atoms with Crippen LogP contribution in [0.3, 0.4) is 0 Å². The first kappa shape index (κ1) is 19.1. The number of fused-ring (bicyclic) bond motifs is 1. The van der Waals surface area contributed by atoms with Gasteiger partial charge in [-0.15, -0.1) is 0 Å². The highest BCUT2D eigenvalue weighted by atomic mass is 19.2. The third kappa shape index (κ3) is 4.14. The number of amidine groups is 1. The average molecular weight is 400 g/mol. The fourth-order valence-corrected chi connectivity index (χ4v) is 3.61. The van der Waals surface area contributed by atoms with E-state index >= 15 is 0 Å². The van der Waals surface area contributed by atoms with Crippen molar-refractivity contribution in [2.45, 2.75) is 44.0 Å². The minimum absolute atomic E-state index is 0.161. The van der Waals surface area contributed by atoms with Crippen LogP contribution in [0.4, 0.5) is 16.1 Å². The first-order valence-electron chi connectivity index (χ1n) is 9.50. The van der Waals surface area contributed by atoms with Crippen LogP contribution in [0.2, 0.25) is 0 Å². The molecule has 2 heterocycles. The minimum Gasteiger partial charge on any atom is -0.401 e. The van der Waals surface area contributed by atoms with Crippen LogP contribution in [-0.2, 0) is 0 Å². The lowest BCUT2D eigenvalue weighted by atomic mass is 9.92. The highest BCUT2D eigenvalue weighted by molar-refractivity contribution is 6.05. The predicted octanol–water partition coefficient (Wildman–Crippen LogP) is 3.57. The van der Waals surface area contributed by atoms with Gasteiger partial charge in [0.25, 0.3) is 0 Å². The quantitative estimate of drug-likeness (QED) is 0.462. The molecule has 2 aromatic rings. The molecule has 1 aromatic heterocycles. The molecule has 29 heavy (non-hydrogen) atoms. The number of hydrogen-bond donors (Lipinski definition) is 2. The number of aliphatic hydroxyl groups is 1. The number of anilines is 1. The molecule has 1 saturated carbocycles. The van der Waals surface area contributed by atoms with Crippen molar-refractivity contribution in [3.05, 3.63) is 63.9 Å². The summed E-state index contributed by atoms with van der Waals surface area (Å²) in [4.78, 5) is 14.6. The van der Waals surface area contributed by atoms with Gasteiger partial charge < -0.3 is 14.8 Å². The number of aliphatic hydroxyl groups excluding tert-OH is 1. The van der Waals surface area contributed by atoms with E-state index in [1.807, 2.05) is 6.07 Å². The van der Waals surface area contributed by atoms with Crippen molar-refractivity contribution in [2.75, 3.05) is 5.12 Å². The largest absolute Gasteiger partial charge is 0.433 e. The first-order valence-corrected chi connectivity index (χ1v) is 9.50. The lowest BCUT2D eigenvalue weighted by Crippen LogP contribution is -2.43.